The molecule has 1 aliphatic carbocycles. The summed E-state index contributed by atoms with van der Waals surface area (Å²) < 4.78 is 2.01. The van der Waals surface area contributed by atoms with Gasteiger partial charge in [-0.2, -0.15) is 5.10 Å². The summed E-state index contributed by atoms with van der Waals surface area (Å²) in [5.41, 5.74) is 2.91. The zero-order valence-electron chi connectivity index (χ0n) is 17.7. The second kappa shape index (κ2) is 7.95. The fourth-order valence-electron chi connectivity index (χ4n) is 4.66. The number of aliphatic hydroxyl groups is 1. The molecule has 4 aromatic heterocycles. The first-order valence-electron chi connectivity index (χ1n) is 11.2. The molecule has 0 aromatic carbocycles. The average Bonchev–Trinajstić information content (AvgIpc) is 3.56. The number of nitrogens with zero attached hydrogens (tertiary/aromatic N) is 5. The van der Waals surface area contributed by atoms with Crippen molar-refractivity contribution in [2.75, 3.05) is 19.6 Å². The van der Waals surface area contributed by atoms with E-state index >= 15 is 0 Å². The van der Waals surface area contributed by atoms with Crippen LogP contribution in [-0.4, -0.2) is 54.4 Å². The van der Waals surface area contributed by atoms with Crippen LogP contribution in [0.25, 0.3) is 32.7 Å². The molecule has 0 atom stereocenters. The summed E-state index contributed by atoms with van der Waals surface area (Å²) in [4.78, 5) is 15.9. The molecule has 1 saturated heterocycles. The molecular weight excluding hydrogens is 444 g/mol. The molecule has 2 aliphatic rings. The Morgan fingerprint density at radius 2 is 1.94 bits per heavy atom. The number of hydrogen-bond acceptors (Lipinski definition) is 6. The van der Waals surface area contributed by atoms with Crippen LogP contribution in [0.4, 0.5) is 0 Å². The molecule has 1 aliphatic heterocycles. The van der Waals surface area contributed by atoms with Gasteiger partial charge in [-0.15, -0.1) is 11.3 Å². The van der Waals surface area contributed by atoms with Gasteiger partial charge >= 0.3 is 0 Å². The van der Waals surface area contributed by atoms with E-state index in [1.54, 1.807) is 6.20 Å². The summed E-state index contributed by atoms with van der Waals surface area (Å²) in [6, 6.07) is 2.09. The Hall–Kier alpha value is -2.26. The van der Waals surface area contributed by atoms with E-state index in [0.29, 0.717) is 5.02 Å². The second-order valence-corrected chi connectivity index (χ2v) is 10.3. The van der Waals surface area contributed by atoms with Crippen molar-refractivity contribution < 1.29 is 5.11 Å². The molecular formula is C23H25ClN6OS. The Morgan fingerprint density at radius 3 is 2.72 bits per heavy atom. The van der Waals surface area contributed by atoms with Gasteiger partial charge in [-0.05, 0) is 51.3 Å². The SMILES string of the molecule is OC1(c2ncc(-c3c(Cl)cnc4[nH]c(-c5cnn(CCN6CCCC6)c5)cc34)s2)CCC1. The molecule has 0 bridgehead atoms. The molecule has 0 spiro atoms. The summed E-state index contributed by atoms with van der Waals surface area (Å²) in [5, 5.41) is 17.5. The number of likely N-dealkylation sites (tertiary alicyclic amines) is 1. The predicted octanol–water partition coefficient (Wildman–Crippen LogP) is 4.67. The standard InChI is InChI=1S/C23H25ClN6OS/c24-17-12-25-21-16(20(17)19-13-26-22(32-19)23(31)4-3-5-23)10-18(28-21)15-11-27-30(14-15)9-8-29-6-1-2-7-29/h10-14,31H,1-9H2,(H,25,28). The van der Waals surface area contributed by atoms with E-state index < -0.39 is 5.60 Å². The van der Waals surface area contributed by atoms with Crippen LogP contribution >= 0.6 is 22.9 Å². The van der Waals surface area contributed by atoms with Crippen molar-refractivity contribution in [2.45, 2.75) is 44.2 Å². The van der Waals surface area contributed by atoms with Crippen LogP contribution in [0.3, 0.4) is 0 Å². The first-order chi connectivity index (χ1) is 15.6. The molecule has 0 amide bonds. The number of aromatic nitrogens is 5. The van der Waals surface area contributed by atoms with Gasteiger partial charge in [0.05, 0.1) is 28.3 Å². The third kappa shape index (κ3) is 3.55. The second-order valence-electron chi connectivity index (χ2n) is 8.88. The Kier molecular flexibility index (Phi) is 5.06. The highest BCUT2D eigenvalue weighted by atomic mass is 35.5. The zero-order chi connectivity index (χ0) is 21.7. The van der Waals surface area contributed by atoms with Gasteiger partial charge in [-0.25, -0.2) is 9.97 Å². The molecule has 5 heterocycles. The fraction of sp³-hybridized carbons (Fsp3) is 0.435. The van der Waals surface area contributed by atoms with Crippen LogP contribution in [0, 0.1) is 0 Å². The van der Waals surface area contributed by atoms with E-state index in [9.17, 15) is 5.11 Å². The van der Waals surface area contributed by atoms with E-state index in [0.717, 1.165) is 70.1 Å². The Labute approximate surface area is 195 Å². The van der Waals surface area contributed by atoms with Crippen molar-refractivity contribution in [3.63, 3.8) is 0 Å². The first-order valence-corrected chi connectivity index (χ1v) is 12.4. The monoisotopic (exact) mass is 468 g/mol. The van der Waals surface area contributed by atoms with E-state index in [-0.39, 0.29) is 0 Å². The van der Waals surface area contributed by atoms with Crippen LogP contribution in [0.5, 0.6) is 0 Å². The quantitative estimate of drug-likeness (QED) is 0.429. The highest BCUT2D eigenvalue weighted by Crippen LogP contribution is 2.46. The highest BCUT2D eigenvalue weighted by molar-refractivity contribution is 7.15. The summed E-state index contributed by atoms with van der Waals surface area (Å²) in [6.07, 6.45) is 12.7. The highest BCUT2D eigenvalue weighted by Gasteiger charge is 2.39. The number of nitrogens with one attached hydrogen (secondary N) is 1. The number of thiazole rings is 1. The molecule has 32 heavy (non-hydrogen) atoms. The Balaban J connectivity index is 1.30. The topological polar surface area (TPSA) is 82.9 Å². The van der Waals surface area contributed by atoms with Crippen LogP contribution in [0.1, 0.15) is 37.1 Å². The zero-order valence-corrected chi connectivity index (χ0v) is 19.3. The number of pyridine rings is 1. The molecule has 4 aromatic rings. The van der Waals surface area contributed by atoms with Gasteiger partial charge in [0.15, 0.2) is 0 Å². The minimum atomic E-state index is -0.769. The molecule has 6 rings (SSSR count). The molecule has 7 nitrogen and oxygen atoms in total. The van der Waals surface area contributed by atoms with E-state index in [2.05, 4.69) is 37.2 Å². The average molecular weight is 469 g/mol. The van der Waals surface area contributed by atoms with Gasteiger partial charge in [-0.1, -0.05) is 11.6 Å². The lowest BCUT2D eigenvalue weighted by Gasteiger charge is -2.34. The van der Waals surface area contributed by atoms with Crippen molar-refractivity contribution in [3.05, 3.63) is 40.9 Å². The molecule has 2 N–H and O–H groups in total. The molecule has 0 radical (unpaired) electrons. The van der Waals surface area contributed by atoms with E-state index in [4.69, 9.17) is 11.6 Å². The smallest absolute Gasteiger partial charge is 0.138 e. The summed E-state index contributed by atoms with van der Waals surface area (Å²) >= 11 is 8.11. The summed E-state index contributed by atoms with van der Waals surface area (Å²) in [6.45, 7) is 4.32. The lowest BCUT2D eigenvalue weighted by molar-refractivity contribution is -0.0389. The van der Waals surface area contributed by atoms with Crippen molar-refractivity contribution in [3.8, 4) is 21.7 Å². The first kappa shape index (κ1) is 20.4. The minimum Gasteiger partial charge on any atom is -0.383 e. The van der Waals surface area contributed by atoms with Crippen molar-refractivity contribution in [1.29, 1.82) is 0 Å². The third-order valence-corrected chi connectivity index (χ3v) is 8.23. The molecule has 9 heteroatoms. The van der Waals surface area contributed by atoms with E-state index in [1.807, 2.05) is 17.1 Å². The van der Waals surface area contributed by atoms with Crippen LogP contribution in [0.2, 0.25) is 5.02 Å². The van der Waals surface area contributed by atoms with Crippen LogP contribution in [0.15, 0.2) is 30.9 Å². The maximum Gasteiger partial charge on any atom is 0.138 e. The summed E-state index contributed by atoms with van der Waals surface area (Å²) in [5.74, 6) is 0. The van der Waals surface area contributed by atoms with E-state index in [1.165, 1.54) is 37.3 Å². The molecule has 0 unspecified atom stereocenters. The number of rotatable bonds is 6. The van der Waals surface area contributed by atoms with Crippen LogP contribution < -0.4 is 0 Å². The van der Waals surface area contributed by atoms with Gasteiger partial charge in [-0.3, -0.25) is 4.68 Å². The maximum absolute atomic E-state index is 10.7. The van der Waals surface area contributed by atoms with Gasteiger partial charge in [0, 0.05) is 41.6 Å². The molecule has 166 valence electrons. The van der Waals surface area contributed by atoms with Crippen molar-refractivity contribution in [1.82, 2.24) is 29.6 Å². The summed E-state index contributed by atoms with van der Waals surface area (Å²) in [7, 11) is 0. The maximum atomic E-state index is 10.7. The van der Waals surface area contributed by atoms with Gasteiger partial charge in [0.1, 0.15) is 16.3 Å². The van der Waals surface area contributed by atoms with Crippen molar-refractivity contribution in [2.24, 2.45) is 0 Å². The number of halogens is 1. The van der Waals surface area contributed by atoms with Crippen molar-refractivity contribution >= 4 is 34.0 Å². The van der Waals surface area contributed by atoms with Crippen LogP contribution in [-0.2, 0) is 12.1 Å². The van der Waals surface area contributed by atoms with Gasteiger partial charge < -0.3 is 15.0 Å². The molecule has 1 saturated carbocycles. The normalized spacial score (nSPS) is 18.4. The van der Waals surface area contributed by atoms with Gasteiger partial charge in [0.2, 0.25) is 0 Å². The lowest BCUT2D eigenvalue weighted by Crippen LogP contribution is -2.33. The molecule has 2 fully saturated rings. The predicted molar refractivity (Wildman–Crippen MR) is 127 cm³/mol. The largest absolute Gasteiger partial charge is 0.383 e. The van der Waals surface area contributed by atoms with Gasteiger partial charge in [0.25, 0.3) is 0 Å². The number of H-pyrrole nitrogens is 1. The Morgan fingerprint density at radius 1 is 1.09 bits per heavy atom. The number of hydrogen-bond donors (Lipinski definition) is 2. The minimum absolute atomic E-state index is 0.583. The Bertz CT molecular complexity index is 1270. The lowest BCUT2D eigenvalue weighted by atomic mass is 9.81. The number of fused-ring (bicyclic) bond motifs is 1. The fourth-order valence-corrected chi connectivity index (χ4v) is 6.11. The number of aromatic amines is 1. The third-order valence-electron chi connectivity index (χ3n) is 6.73.